The molecular formula is C6H13IO2. The van der Waals surface area contributed by atoms with Crippen molar-refractivity contribution in [2.24, 2.45) is 0 Å². The van der Waals surface area contributed by atoms with Gasteiger partial charge in [-0.3, -0.25) is 0 Å². The summed E-state index contributed by atoms with van der Waals surface area (Å²) in [7, 11) is 1.71. The van der Waals surface area contributed by atoms with Crippen LogP contribution in [0.2, 0.25) is 0 Å². The molecule has 0 radical (unpaired) electrons. The minimum atomic E-state index is 0.807. The van der Waals surface area contributed by atoms with Crippen LogP contribution < -0.4 is 0 Å². The highest BCUT2D eigenvalue weighted by atomic mass is 127. The van der Waals surface area contributed by atoms with E-state index in [2.05, 4.69) is 22.6 Å². The molecule has 56 valence electrons. The van der Waals surface area contributed by atoms with Crippen molar-refractivity contribution < 1.29 is 9.47 Å². The maximum atomic E-state index is 5.20. The molecule has 0 saturated carbocycles. The highest BCUT2D eigenvalue weighted by Crippen LogP contribution is 1.85. The van der Waals surface area contributed by atoms with Crippen LogP contribution in [0, 0.1) is 0 Å². The van der Waals surface area contributed by atoms with E-state index in [1.165, 1.54) is 0 Å². The highest BCUT2D eigenvalue weighted by Gasteiger charge is 1.85. The predicted molar refractivity (Wildman–Crippen MR) is 46.2 cm³/mol. The molecule has 2 nitrogen and oxygen atoms in total. The molecule has 0 rings (SSSR count). The first kappa shape index (κ1) is 9.65. The van der Waals surface area contributed by atoms with E-state index in [-0.39, 0.29) is 0 Å². The van der Waals surface area contributed by atoms with Crippen molar-refractivity contribution in [3.8, 4) is 0 Å². The van der Waals surface area contributed by atoms with E-state index in [1.54, 1.807) is 7.11 Å². The van der Waals surface area contributed by atoms with Gasteiger partial charge in [0.25, 0.3) is 0 Å². The summed E-state index contributed by atoms with van der Waals surface area (Å²) in [6.07, 6.45) is 1.01. The molecule has 0 N–H and O–H groups in total. The zero-order valence-electron chi connectivity index (χ0n) is 5.73. The number of methoxy groups -OCH3 is 1. The van der Waals surface area contributed by atoms with Crippen molar-refractivity contribution in [1.29, 1.82) is 0 Å². The summed E-state index contributed by atoms with van der Waals surface area (Å²) in [6, 6.07) is 0. The van der Waals surface area contributed by atoms with E-state index in [0.717, 1.165) is 30.7 Å². The first-order valence-corrected chi connectivity index (χ1v) is 4.57. The molecule has 0 aliphatic heterocycles. The molecule has 0 aromatic carbocycles. The molecule has 0 aromatic heterocycles. The minimum Gasteiger partial charge on any atom is -0.385 e. The summed E-state index contributed by atoms with van der Waals surface area (Å²) in [5, 5.41) is 0. The van der Waals surface area contributed by atoms with Crippen molar-refractivity contribution in [1.82, 2.24) is 0 Å². The summed E-state index contributed by atoms with van der Waals surface area (Å²) >= 11 is 2.29. The smallest absolute Gasteiger partial charge is 0.0555 e. The van der Waals surface area contributed by atoms with Gasteiger partial charge in [-0.25, -0.2) is 0 Å². The van der Waals surface area contributed by atoms with Gasteiger partial charge in [-0.15, -0.1) is 0 Å². The van der Waals surface area contributed by atoms with E-state index < -0.39 is 0 Å². The Labute approximate surface area is 70.1 Å². The molecule has 0 fully saturated rings. The average Bonchev–Trinajstić information content (AvgIpc) is 1.89. The van der Waals surface area contributed by atoms with Crippen molar-refractivity contribution >= 4 is 22.6 Å². The number of alkyl halides is 1. The number of hydrogen-bond acceptors (Lipinski definition) is 2. The molecule has 0 unspecified atom stereocenters. The largest absolute Gasteiger partial charge is 0.385 e. The van der Waals surface area contributed by atoms with E-state index in [9.17, 15) is 0 Å². The van der Waals surface area contributed by atoms with Crippen LogP contribution in [0.4, 0.5) is 0 Å². The van der Waals surface area contributed by atoms with Gasteiger partial charge in [0.2, 0.25) is 0 Å². The lowest BCUT2D eigenvalue weighted by Gasteiger charge is -1.99. The number of hydrogen-bond donors (Lipinski definition) is 0. The van der Waals surface area contributed by atoms with Crippen LogP contribution >= 0.6 is 22.6 Å². The molecule has 0 bridgehead atoms. The minimum absolute atomic E-state index is 0.807. The van der Waals surface area contributed by atoms with Gasteiger partial charge in [0.05, 0.1) is 6.61 Å². The Morgan fingerprint density at radius 1 is 1.22 bits per heavy atom. The predicted octanol–water partition coefficient (Wildman–Crippen LogP) is 1.47. The molecular weight excluding hydrogens is 231 g/mol. The second-order valence-corrected chi connectivity index (χ2v) is 2.73. The molecule has 3 heteroatoms. The molecule has 0 aromatic rings. The van der Waals surface area contributed by atoms with Crippen LogP contribution in [0.3, 0.4) is 0 Å². The van der Waals surface area contributed by atoms with Gasteiger partial charge in [-0.1, -0.05) is 22.6 Å². The van der Waals surface area contributed by atoms with E-state index >= 15 is 0 Å². The molecule has 0 aliphatic carbocycles. The maximum absolute atomic E-state index is 5.20. The van der Waals surface area contributed by atoms with Gasteiger partial charge in [0.15, 0.2) is 0 Å². The molecule has 0 aliphatic rings. The second kappa shape index (κ2) is 8.65. The number of halogens is 1. The summed E-state index contributed by atoms with van der Waals surface area (Å²) < 4.78 is 11.1. The third kappa shape index (κ3) is 8.65. The van der Waals surface area contributed by atoms with Gasteiger partial charge < -0.3 is 9.47 Å². The van der Waals surface area contributed by atoms with Gasteiger partial charge in [0, 0.05) is 24.8 Å². The van der Waals surface area contributed by atoms with Crippen molar-refractivity contribution in [3.05, 3.63) is 0 Å². The Balaban J connectivity index is 2.60. The number of rotatable bonds is 6. The summed E-state index contributed by atoms with van der Waals surface area (Å²) in [5.74, 6) is 0. The average molecular weight is 244 g/mol. The topological polar surface area (TPSA) is 18.5 Å². The standard InChI is InChI=1S/C6H13IO2/c1-8-4-2-5-9-6-3-7/h2-6H2,1H3. The molecule has 0 heterocycles. The molecule has 0 atom stereocenters. The van der Waals surface area contributed by atoms with E-state index in [4.69, 9.17) is 9.47 Å². The van der Waals surface area contributed by atoms with Gasteiger partial charge in [-0.2, -0.15) is 0 Å². The third-order valence-corrected chi connectivity index (χ3v) is 1.30. The Kier molecular flexibility index (Phi) is 9.27. The lowest BCUT2D eigenvalue weighted by molar-refractivity contribution is 0.114. The zero-order valence-corrected chi connectivity index (χ0v) is 7.89. The zero-order chi connectivity index (χ0) is 6.95. The summed E-state index contributed by atoms with van der Waals surface area (Å²) in [4.78, 5) is 0. The summed E-state index contributed by atoms with van der Waals surface area (Å²) in [6.45, 7) is 2.50. The van der Waals surface area contributed by atoms with Crippen LogP contribution in [0.1, 0.15) is 6.42 Å². The summed E-state index contributed by atoms with van der Waals surface area (Å²) in [5.41, 5.74) is 0. The SMILES string of the molecule is COCCCOCCI. The monoisotopic (exact) mass is 244 g/mol. The molecule has 9 heavy (non-hydrogen) atoms. The fraction of sp³-hybridized carbons (Fsp3) is 1.00. The lowest BCUT2D eigenvalue weighted by Crippen LogP contribution is -2.00. The van der Waals surface area contributed by atoms with E-state index in [0.29, 0.717) is 0 Å². The van der Waals surface area contributed by atoms with Gasteiger partial charge >= 0.3 is 0 Å². The lowest BCUT2D eigenvalue weighted by atomic mass is 10.5. The first-order chi connectivity index (χ1) is 4.41. The van der Waals surface area contributed by atoms with Crippen LogP contribution in [0.15, 0.2) is 0 Å². The Bertz CT molecular complexity index is 44.3. The Morgan fingerprint density at radius 2 is 2.00 bits per heavy atom. The van der Waals surface area contributed by atoms with Crippen LogP contribution in [0.5, 0.6) is 0 Å². The third-order valence-electron chi connectivity index (χ3n) is 0.859. The van der Waals surface area contributed by atoms with Crippen LogP contribution in [0.25, 0.3) is 0 Å². The van der Waals surface area contributed by atoms with Crippen LogP contribution in [-0.4, -0.2) is 31.4 Å². The molecule has 0 spiro atoms. The normalized spacial score (nSPS) is 10.0. The van der Waals surface area contributed by atoms with Gasteiger partial charge in [-0.05, 0) is 6.42 Å². The van der Waals surface area contributed by atoms with Gasteiger partial charge in [0.1, 0.15) is 0 Å². The molecule has 0 saturated heterocycles. The van der Waals surface area contributed by atoms with Crippen molar-refractivity contribution in [2.45, 2.75) is 6.42 Å². The quantitative estimate of drug-likeness (QED) is 0.400. The Morgan fingerprint density at radius 3 is 2.56 bits per heavy atom. The first-order valence-electron chi connectivity index (χ1n) is 3.04. The van der Waals surface area contributed by atoms with Crippen LogP contribution in [-0.2, 0) is 9.47 Å². The highest BCUT2D eigenvalue weighted by molar-refractivity contribution is 14.1. The van der Waals surface area contributed by atoms with Crippen molar-refractivity contribution in [2.75, 3.05) is 31.4 Å². The van der Waals surface area contributed by atoms with E-state index in [1.807, 2.05) is 0 Å². The van der Waals surface area contributed by atoms with Crippen molar-refractivity contribution in [3.63, 3.8) is 0 Å². The maximum Gasteiger partial charge on any atom is 0.0555 e. The number of ether oxygens (including phenoxy) is 2. The molecule has 0 amide bonds. The second-order valence-electron chi connectivity index (χ2n) is 1.65. The Hall–Kier alpha value is 0.650. The fourth-order valence-corrected chi connectivity index (χ4v) is 0.773. The fourth-order valence-electron chi connectivity index (χ4n) is 0.462.